The Labute approximate surface area is 130 Å². The summed E-state index contributed by atoms with van der Waals surface area (Å²) in [5.74, 6) is 0. The molecule has 0 fully saturated rings. The Balaban J connectivity index is 1.97. The van der Waals surface area contributed by atoms with E-state index in [0.29, 0.717) is 22.0 Å². The van der Waals surface area contributed by atoms with E-state index in [1.54, 1.807) is 24.7 Å². The standard InChI is InChI=1S/C16H9ClN4O/c17-13-6-8-18-9-12(13)10-3-1-4-11-15(21-22-16(10)11)14-5-2-7-19-20-14/h1-9H. The summed E-state index contributed by atoms with van der Waals surface area (Å²) >= 11 is 6.26. The largest absolute Gasteiger partial charge is 0.355 e. The van der Waals surface area contributed by atoms with Crippen LogP contribution in [0.3, 0.4) is 0 Å². The van der Waals surface area contributed by atoms with Crippen molar-refractivity contribution >= 4 is 22.6 Å². The molecule has 0 atom stereocenters. The van der Waals surface area contributed by atoms with Crippen LogP contribution in [0.5, 0.6) is 0 Å². The predicted molar refractivity (Wildman–Crippen MR) is 83.3 cm³/mol. The maximum Gasteiger partial charge on any atom is 0.175 e. The highest BCUT2D eigenvalue weighted by atomic mass is 35.5. The molecule has 22 heavy (non-hydrogen) atoms. The smallest absolute Gasteiger partial charge is 0.175 e. The second-order valence-electron chi connectivity index (χ2n) is 4.68. The molecule has 0 bridgehead atoms. The highest BCUT2D eigenvalue weighted by Gasteiger charge is 2.16. The average Bonchev–Trinajstić information content (AvgIpc) is 3.00. The van der Waals surface area contributed by atoms with Gasteiger partial charge in [-0.2, -0.15) is 5.10 Å². The third-order valence-corrected chi connectivity index (χ3v) is 3.70. The summed E-state index contributed by atoms with van der Waals surface area (Å²) in [6, 6.07) is 11.2. The van der Waals surface area contributed by atoms with Crippen LogP contribution < -0.4 is 0 Å². The molecule has 6 heteroatoms. The number of halogens is 1. The quantitative estimate of drug-likeness (QED) is 0.560. The van der Waals surface area contributed by atoms with Gasteiger partial charge in [-0.25, -0.2) is 0 Å². The van der Waals surface area contributed by atoms with Crippen molar-refractivity contribution in [3.8, 4) is 22.5 Å². The van der Waals surface area contributed by atoms with Gasteiger partial charge >= 0.3 is 0 Å². The first-order valence-electron chi connectivity index (χ1n) is 6.61. The second kappa shape index (κ2) is 5.20. The lowest BCUT2D eigenvalue weighted by atomic mass is 10.0. The van der Waals surface area contributed by atoms with E-state index in [0.717, 1.165) is 16.5 Å². The number of hydrogen-bond donors (Lipinski definition) is 0. The molecule has 0 aliphatic carbocycles. The zero-order valence-corrected chi connectivity index (χ0v) is 12.0. The zero-order valence-electron chi connectivity index (χ0n) is 11.3. The Bertz CT molecular complexity index is 953. The summed E-state index contributed by atoms with van der Waals surface area (Å²) < 4.78 is 5.54. The lowest BCUT2D eigenvalue weighted by Crippen LogP contribution is -1.86. The normalized spacial score (nSPS) is 11.0. The van der Waals surface area contributed by atoms with Crippen molar-refractivity contribution in [2.75, 3.05) is 0 Å². The van der Waals surface area contributed by atoms with Crippen molar-refractivity contribution < 1.29 is 4.52 Å². The Morgan fingerprint density at radius 2 is 1.91 bits per heavy atom. The topological polar surface area (TPSA) is 64.7 Å². The van der Waals surface area contributed by atoms with Crippen LogP contribution in [0.2, 0.25) is 5.02 Å². The molecule has 3 aromatic heterocycles. The number of hydrogen-bond acceptors (Lipinski definition) is 5. The van der Waals surface area contributed by atoms with Gasteiger partial charge in [0.2, 0.25) is 0 Å². The van der Waals surface area contributed by atoms with E-state index in [9.17, 15) is 0 Å². The summed E-state index contributed by atoms with van der Waals surface area (Å²) in [5.41, 5.74) is 3.62. The molecule has 0 saturated heterocycles. The van der Waals surface area contributed by atoms with Crippen LogP contribution in [0.15, 0.2) is 59.5 Å². The van der Waals surface area contributed by atoms with E-state index in [2.05, 4.69) is 20.3 Å². The Morgan fingerprint density at radius 1 is 0.955 bits per heavy atom. The van der Waals surface area contributed by atoms with Crippen molar-refractivity contribution in [1.82, 2.24) is 20.3 Å². The van der Waals surface area contributed by atoms with Gasteiger partial charge in [-0.05, 0) is 24.3 Å². The van der Waals surface area contributed by atoms with Crippen molar-refractivity contribution in [3.63, 3.8) is 0 Å². The average molecular weight is 309 g/mol. The van der Waals surface area contributed by atoms with Gasteiger partial charge in [0.25, 0.3) is 0 Å². The van der Waals surface area contributed by atoms with E-state index in [1.807, 2.05) is 30.3 Å². The molecule has 3 heterocycles. The lowest BCUT2D eigenvalue weighted by Gasteiger charge is -2.03. The SMILES string of the molecule is Clc1ccncc1-c1cccc2c(-c3cccnn3)noc12. The number of aromatic nitrogens is 4. The second-order valence-corrected chi connectivity index (χ2v) is 5.09. The van der Waals surface area contributed by atoms with E-state index in [-0.39, 0.29) is 0 Å². The van der Waals surface area contributed by atoms with Gasteiger partial charge in [-0.1, -0.05) is 28.9 Å². The number of nitrogens with zero attached hydrogens (tertiary/aromatic N) is 4. The first-order valence-corrected chi connectivity index (χ1v) is 6.99. The summed E-state index contributed by atoms with van der Waals surface area (Å²) in [5, 5.41) is 13.6. The van der Waals surface area contributed by atoms with Crippen molar-refractivity contribution in [1.29, 1.82) is 0 Å². The van der Waals surface area contributed by atoms with Crippen LogP contribution in [0, 0.1) is 0 Å². The molecule has 5 nitrogen and oxygen atoms in total. The molecular formula is C16H9ClN4O. The molecule has 0 amide bonds. The Morgan fingerprint density at radius 3 is 2.73 bits per heavy atom. The molecule has 0 saturated carbocycles. The van der Waals surface area contributed by atoms with Gasteiger partial charge < -0.3 is 4.52 Å². The number of rotatable bonds is 2. The minimum Gasteiger partial charge on any atom is -0.355 e. The molecular weight excluding hydrogens is 300 g/mol. The summed E-state index contributed by atoms with van der Waals surface area (Å²) in [4.78, 5) is 4.12. The van der Waals surface area contributed by atoms with Crippen molar-refractivity contribution in [2.24, 2.45) is 0 Å². The van der Waals surface area contributed by atoms with Crippen molar-refractivity contribution in [2.45, 2.75) is 0 Å². The van der Waals surface area contributed by atoms with Crippen molar-refractivity contribution in [3.05, 3.63) is 60.0 Å². The Kier molecular flexibility index (Phi) is 3.05. The summed E-state index contributed by atoms with van der Waals surface area (Å²) in [6.07, 6.45) is 4.98. The minimum atomic E-state index is 0.611. The van der Waals surface area contributed by atoms with Gasteiger partial charge in [-0.15, -0.1) is 5.10 Å². The highest BCUT2D eigenvalue weighted by molar-refractivity contribution is 6.33. The molecule has 0 aliphatic rings. The van der Waals surface area contributed by atoms with Crippen LogP contribution in [0.1, 0.15) is 0 Å². The molecule has 106 valence electrons. The molecule has 0 spiro atoms. The number of benzene rings is 1. The van der Waals surface area contributed by atoms with Gasteiger partial charge in [-0.3, -0.25) is 4.98 Å². The summed E-state index contributed by atoms with van der Waals surface area (Å²) in [7, 11) is 0. The predicted octanol–water partition coefficient (Wildman–Crippen LogP) is 4.00. The van der Waals surface area contributed by atoms with Gasteiger partial charge in [0.05, 0.1) is 10.4 Å². The van der Waals surface area contributed by atoms with Crippen LogP contribution in [0.4, 0.5) is 0 Å². The third-order valence-electron chi connectivity index (χ3n) is 3.37. The fourth-order valence-electron chi connectivity index (χ4n) is 2.36. The molecule has 1 aromatic carbocycles. The van der Waals surface area contributed by atoms with Gasteiger partial charge in [0, 0.05) is 29.7 Å². The van der Waals surface area contributed by atoms with Crippen LogP contribution in [-0.4, -0.2) is 20.3 Å². The number of fused-ring (bicyclic) bond motifs is 1. The number of pyridine rings is 1. The molecule has 0 radical (unpaired) electrons. The van der Waals surface area contributed by atoms with Gasteiger partial charge in [0.15, 0.2) is 5.58 Å². The molecule has 4 aromatic rings. The van der Waals surface area contributed by atoms with Crippen LogP contribution >= 0.6 is 11.6 Å². The maximum absolute atomic E-state index is 6.26. The first-order chi connectivity index (χ1) is 10.8. The highest BCUT2D eigenvalue weighted by Crippen LogP contribution is 2.36. The van der Waals surface area contributed by atoms with E-state index >= 15 is 0 Å². The Hall–Kier alpha value is -2.79. The van der Waals surface area contributed by atoms with Crippen LogP contribution in [-0.2, 0) is 0 Å². The lowest BCUT2D eigenvalue weighted by molar-refractivity contribution is 0.459. The number of para-hydroxylation sites is 1. The zero-order chi connectivity index (χ0) is 14.9. The van der Waals surface area contributed by atoms with Crippen LogP contribution in [0.25, 0.3) is 33.5 Å². The van der Waals surface area contributed by atoms with E-state index in [1.165, 1.54) is 0 Å². The molecule has 0 aliphatic heterocycles. The maximum atomic E-state index is 6.26. The minimum absolute atomic E-state index is 0.611. The molecule has 4 rings (SSSR count). The molecule has 0 unspecified atom stereocenters. The van der Waals surface area contributed by atoms with Gasteiger partial charge in [0.1, 0.15) is 11.4 Å². The third kappa shape index (κ3) is 2.03. The molecule has 0 N–H and O–H groups in total. The monoisotopic (exact) mass is 308 g/mol. The fraction of sp³-hybridized carbons (Fsp3) is 0. The van der Waals surface area contributed by atoms with E-state index in [4.69, 9.17) is 16.1 Å². The fourth-order valence-corrected chi connectivity index (χ4v) is 2.57. The summed E-state index contributed by atoms with van der Waals surface area (Å²) in [6.45, 7) is 0. The first kappa shape index (κ1) is 12.9. The van der Waals surface area contributed by atoms with E-state index < -0.39 is 0 Å².